The van der Waals surface area contributed by atoms with Crippen molar-refractivity contribution in [1.29, 1.82) is 5.26 Å². The van der Waals surface area contributed by atoms with Crippen molar-refractivity contribution in [3.8, 4) is 6.07 Å². The average Bonchev–Trinajstić information content (AvgIpc) is 3.15. The first-order chi connectivity index (χ1) is 8.53. The quantitative estimate of drug-likeness (QED) is 0.787. The lowest BCUT2D eigenvalue weighted by Gasteiger charge is -2.38. The van der Waals surface area contributed by atoms with Crippen LogP contribution in [0, 0.1) is 23.2 Å². The summed E-state index contributed by atoms with van der Waals surface area (Å²) < 4.78 is 0. The summed E-state index contributed by atoms with van der Waals surface area (Å²) in [6, 6.07) is 2.35. The number of hydrogen-bond donors (Lipinski definition) is 1. The van der Waals surface area contributed by atoms with Gasteiger partial charge in [-0.3, -0.25) is 4.90 Å². The first-order valence-corrected chi connectivity index (χ1v) is 7.18. The number of hydrogen-bond acceptors (Lipinski definition) is 4. The fraction of sp³-hybridized carbons (Fsp3) is 0.929. The van der Waals surface area contributed by atoms with Crippen LogP contribution in [-0.4, -0.2) is 54.6 Å². The Kier molecular flexibility index (Phi) is 4.26. The zero-order chi connectivity index (χ0) is 13.2. The van der Waals surface area contributed by atoms with Gasteiger partial charge < -0.3 is 10.6 Å². The van der Waals surface area contributed by atoms with Crippen molar-refractivity contribution in [2.45, 2.75) is 32.2 Å². The first-order valence-electron chi connectivity index (χ1n) is 7.18. The van der Waals surface area contributed by atoms with E-state index in [0.717, 1.165) is 51.5 Å². The lowest BCUT2D eigenvalue weighted by atomic mass is 9.95. The van der Waals surface area contributed by atoms with Gasteiger partial charge >= 0.3 is 0 Å². The first kappa shape index (κ1) is 13.8. The topological polar surface area (TPSA) is 56.3 Å². The highest BCUT2D eigenvalue weighted by molar-refractivity contribution is 5.14. The minimum Gasteiger partial charge on any atom is -0.312 e. The summed E-state index contributed by atoms with van der Waals surface area (Å²) in [5.41, 5.74) is 5.64. The van der Waals surface area contributed by atoms with E-state index in [-0.39, 0.29) is 0 Å². The molecule has 1 atom stereocenters. The second kappa shape index (κ2) is 5.56. The Balaban J connectivity index is 1.78. The molecule has 0 bridgehead atoms. The molecule has 0 aromatic carbocycles. The third-order valence-corrected chi connectivity index (χ3v) is 4.09. The van der Waals surface area contributed by atoms with Gasteiger partial charge in [-0.05, 0) is 24.7 Å². The molecule has 2 rings (SSSR count). The fourth-order valence-electron chi connectivity index (χ4n) is 2.87. The molecule has 1 unspecified atom stereocenters. The van der Waals surface area contributed by atoms with Crippen LogP contribution in [0.1, 0.15) is 26.7 Å². The third kappa shape index (κ3) is 3.44. The highest BCUT2D eigenvalue weighted by Crippen LogP contribution is 2.38. The SMILES string of the molecule is CC(C)CN1CCN(CC(N)(C#N)C2CC2)CC1. The fourth-order valence-corrected chi connectivity index (χ4v) is 2.87. The van der Waals surface area contributed by atoms with Gasteiger partial charge in [-0.25, -0.2) is 0 Å². The molecule has 18 heavy (non-hydrogen) atoms. The lowest BCUT2D eigenvalue weighted by molar-refractivity contribution is 0.107. The molecule has 0 spiro atoms. The Morgan fingerprint density at radius 1 is 1.22 bits per heavy atom. The highest BCUT2D eigenvalue weighted by atomic mass is 15.3. The van der Waals surface area contributed by atoms with Crippen molar-refractivity contribution in [2.24, 2.45) is 17.6 Å². The standard InChI is InChI=1S/C14H26N4/c1-12(2)9-17-5-7-18(8-6-17)11-14(16,10-15)13-3-4-13/h12-13H,3-9,11,16H2,1-2H3. The van der Waals surface area contributed by atoms with E-state index in [1.807, 2.05) is 0 Å². The van der Waals surface area contributed by atoms with Crippen molar-refractivity contribution in [3.63, 3.8) is 0 Å². The third-order valence-electron chi connectivity index (χ3n) is 4.09. The van der Waals surface area contributed by atoms with Crippen molar-refractivity contribution in [2.75, 3.05) is 39.3 Å². The van der Waals surface area contributed by atoms with Gasteiger partial charge in [-0.2, -0.15) is 5.26 Å². The normalized spacial score (nSPS) is 25.9. The van der Waals surface area contributed by atoms with Crippen LogP contribution in [-0.2, 0) is 0 Å². The predicted octanol–water partition coefficient (Wildman–Crippen LogP) is 0.891. The lowest BCUT2D eigenvalue weighted by Crippen LogP contribution is -2.56. The van der Waals surface area contributed by atoms with Gasteiger partial charge in [-0.1, -0.05) is 13.8 Å². The van der Waals surface area contributed by atoms with E-state index >= 15 is 0 Å². The van der Waals surface area contributed by atoms with Gasteiger partial charge in [0.25, 0.3) is 0 Å². The van der Waals surface area contributed by atoms with Gasteiger partial charge in [-0.15, -0.1) is 0 Å². The molecule has 1 saturated carbocycles. The molecule has 0 amide bonds. The van der Waals surface area contributed by atoms with Crippen molar-refractivity contribution >= 4 is 0 Å². The molecular weight excluding hydrogens is 224 g/mol. The number of piperazine rings is 1. The van der Waals surface area contributed by atoms with Gasteiger partial charge in [0.2, 0.25) is 0 Å². The summed E-state index contributed by atoms with van der Waals surface area (Å²) in [7, 11) is 0. The molecular formula is C14H26N4. The summed E-state index contributed by atoms with van der Waals surface area (Å²) in [6.07, 6.45) is 2.27. The predicted molar refractivity (Wildman–Crippen MR) is 73.0 cm³/mol. The second-order valence-corrected chi connectivity index (χ2v) is 6.40. The van der Waals surface area contributed by atoms with E-state index in [1.54, 1.807) is 0 Å². The summed E-state index contributed by atoms with van der Waals surface area (Å²) in [6.45, 7) is 10.8. The van der Waals surface area contributed by atoms with E-state index in [1.165, 1.54) is 6.54 Å². The van der Waals surface area contributed by atoms with Gasteiger partial charge in [0.15, 0.2) is 0 Å². The van der Waals surface area contributed by atoms with E-state index in [4.69, 9.17) is 5.73 Å². The van der Waals surface area contributed by atoms with Crippen molar-refractivity contribution < 1.29 is 0 Å². The van der Waals surface area contributed by atoms with E-state index in [0.29, 0.717) is 5.92 Å². The summed E-state index contributed by atoms with van der Waals surface area (Å²) in [5, 5.41) is 9.29. The molecule has 4 heteroatoms. The molecule has 1 aliphatic carbocycles. The van der Waals surface area contributed by atoms with Gasteiger partial charge in [0.05, 0.1) is 6.07 Å². The van der Waals surface area contributed by atoms with Crippen LogP contribution in [0.3, 0.4) is 0 Å². The number of nitrogens with zero attached hydrogens (tertiary/aromatic N) is 3. The maximum atomic E-state index is 9.29. The molecule has 0 aromatic rings. The molecule has 0 aromatic heterocycles. The van der Waals surface area contributed by atoms with Crippen LogP contribution in [0.25, 0.3) is 0 Å². The largest absolute Gasteiger partial charge is 0.312 e. The Labute approximate surface area is 111 Å². The van der Waals surface area contributed by atoms with Gasteiger partial charge in [0, 0.05) is 39.3 Å². The van der Waals surface area contributed by atoms with Crippen molar-refractivity contribution in [1.82, 2.24) is 9.80 Å². The van der Waals surface area contributed by atoms with Crippen molar-refractivity contribution in [3.05, 3.63) is 0 Å². The van der Waals surface area contributed by atoms with Crippen LogP contribution < -0.4 is 5.73 Å². The maximum absolute atomic E-state index is 9.29. The molecule has 1 aliphatic heterocycles. The van der Waals surface area contributed by atoms with Crippen LogP contribution >= 0.6 is 0 Å². The van der Waals surface area contributed by atoms with Gasteiger partial charge in [0.1, 0.15) is 5.54 Å². The van der Waals surface area contributed by atoms with Crippen LogP contribution in [0.5, 0.6) is 0 Å². The Bertz CT molecular complexity index is 310. The molecule has 102 valence electrons. The molecule has 4 nitrogen and oxygen atoms in total. The molecule has 1 saturated heterocycles. The maximum Gasteiger partial charge on any atom is 0.119 e. The molecule has 0 radical (unpaired) electrons. The van der Waals surface area contributed by atoms with Crippen LogP contribution in [0.15, 0.2) is 0 Å². The summed E-state index contributed by atoms with van der Waals surface area (Å²) in [4.78, 5) is 4.89. The average molecular weight is 250 g/mol. The molecule has 2 N–H and O–H groups in total. The molecule has 1 heterocycles. The number of rotatable bonds is 5. The highest BCUT2D eigenvalue weighted by Gasteiger charge is 2.43. The Morgan fingerprint density at radius 2 is 1.78 bits per heavy atom. The van der Waals surface area contributed by atoms with E-state index in [2.05, 4.69) is 29.7 Å². The summed E-state index contributed by atoms with van der Waals surface area (Å²) in [5.74, 6) is 1.17. The minimum absolute atomic E-state index is 0.441. The molecule has 2 aliphatic rings. The van der Waals surface area contributed by atoms with Crippen LogP contribution in [0.2, 0.25) is 0 Å². The van der Waals surface area contributed by atoms with E-state index in [9.17, 15) is 5.26 Å². The Hall–Kier alpha value is -0.630. The monoisotopic (exact) mass is 250 g/mol. The van der Waals surface area contributed by atoms with Crippen LogP contribution in [0.4, 0.5) is 0 Å². The number of nitriles is 1. The Morgan fingerprint density at radius 3 is 2.22 bits per heavy atom. The minimum atomic E-state index is -0.597. The van der Waals surface area contributed by atoms with E-state index < -0.39 is 5.54 Å². The molecule has 2 fully saturated rings. The smallest absolute Gasteiger partial charge is 0.119 e. The second-order valence-electron chi connectivity index (χ2n) is 6.40. The number of nitrogens with two attached hydrogens (primary N) is 1. The zero-order valence-corrected chi connectivity index (χ0v) is 11.7. The summed E-state index contributed by atoms with van der Waals surface area (Å²) >= 11 is 0. The zero-order valence-electron chi connectivity index (χ0n) is 11.7.